The van der Waals surface area contributed by atoms with Crippen LogP contribution in [0.5, 0.6) is 0 Å². The quantitative estimate of drug-likeness (QED) is 0.769. The second-order valence-electron chi connectivity index (χ2n) is 3.52. The van der Waals surface area contributed by atoms with Crippen LogP contribution >= 0.6 is 0 Å². The van der Waals surface area contributed by atoms with E-state index in [4.69, 9.17) is 15.6 Å². The van der Waals surface area contributed by atoms with Gasteiger partial charge in [0.15, 0.2) is 0 Å². The number of carbonyl (C=O) groups is 1. The number of hydrogen-bond donors (Lipinski definition) is 2. The van der Waals surface area contributed by atoms with Gasteiger partial charge in [0.25, 0.3) is 0 Å². The standard InChI is InChI=1S/C13H11N3O2/c14-7-11(8-15)9-16-12-4-1-10(2-5-12)3-6-13(17)18/h1-2,4-5,9,16H,3,6H2,(H,17,18). The fraction of sp³-hybridized carbons (Fsp3) is 0.154. The molecule has 5 heteroatoms. The van der Waals surface area contributed by atoms with E-state index in [0.29, 0.717) is 6.42 Å². The fourth-order valence-electron chi connectivity index (χ4n) is 1.26. The van der Waals surface area contributed by atoms with Crippen molar-refractivity contribution in [2.45, 2.75) is 12.8 Å². The summed E-state index contributed by atoms with van der Waals surface area (Å²) in [5, 5.41) is 28.4. The van der Waals surface area contributed by atoms with Crippen LogP contribution in [-0.2, 0) is 11.2 Å². The first-order chi connectivity index (χ1) is 8.65. The minimum absolute atomic E-state index is 0.00930. The van der Waals surface area contributed by atoms with Crippen molar-refractivity contribution in [3.05, 3.63) is 41.6 Å². The van der Waals surface area contributed by atoms with Crippen LogP contribution in [0.2, 0.25) is 0 Å². The summed E-state index contributed by atoms with van der Waals surface area (Å²) < 4.78 is 0. The molecule has 90 valence electrons. The molecule has 1 aromatic rings. The molecule has 0 amide bonds. The van der Waals surface area contributed by atoms with Crippen LogP contribution in [0.3, 0.4) is 0 Å². The zero-order chi connectivity index (χ0) is 13.4. The first-order valence-electron chi connectivity index (χ1n) is 5.23. The van der Waals surface area contributed by atoms with Crippen LogP contribution in [0.1, 0.15) is 12.0 Å². The Bertz CT molecular complexity index is 517. The van der Waals surface area contributed by atoms with Crippen molar-refractivity contribution >= 4 is 11.7 Å². The molecule has 0 atom stereocenters. The predicted molar refractivity (Wildman–Crippen MR) is 65.3 cm³/mol. The van der Waals surface area contributed by atoms with Gasteiger partial charge in [0.2, 0.25) is 0 Å². The van der Waals surface area contributed by atoms with E-state index in [1.165, 1.54) is 6.20 Å². The molecule has 0 aliphatic rings. The molecule has 0 heterocycles. The first kappa shape index (κ1) is 13.3. The normalized spacial score (nSPS) is 8.78. The van der Waals surface area contributed by atoms with Gasteiger partial charge < -0.3 is 10.4 Å². The van der Waals surface area contributed by atoms with Gasteiger partial charge in [-0.3, -0.25) is 4.79 Å². The fourth-order valence-corrected chi connectivity index (χ4v) is 1.26. The molecule has 0 radical (unpaired) electrons. The highest BCUT2D eigenvalue weighted by molar-refractivity contribution is 5.67. The number of carboxylic acids is 1. The molecule has 0 saturated heterocycles. The van der Waals surface area contributed by atoms with Crippen molar-refractivity contribution in [2.24, 2.45) is 0 Å². The Hall–Kier alpha value is -2.79. The number of aryl methyl sites for hydroxylation is 1. The van der Waals surface area contributed by atoms with Crippen LogP contribution in [0.4, 0.5) is 5.69 Å². The van der Waals surface area contributed by atoms with Crippen LogP contribution in [0.15, 0.2) is 36.0 Å². The van der Waals surface area contributed by atoms with Gasteiger partial charge in [0, 0.05) is 18.3 Å². The second-order valence-corrected chi connectivity index (χ2v) is 3.52. The lowest BCUT2D eigenvalue weighted by Crippen LogP contribution is -1.97. The van der Waals surface area contributed by atoms with Crippen molar-refractivity contribution in [3.63, 3.8) is 0 Å². The lowest BCUT2D eigenvalue weighted by molar-refractivity contribution is -0.136. The zero-order valence-electron chi connectivity index (χ0n) is 9.55. The van der Waals surface area contributed by atoms with E-state index >= 15 is 0 Å². The summed E-state index contributed by atoms with van der Waals surface area (Å²) in [4.78, 5) is 10.4. The Kier molecular flexibility index (Phi) is 4.96. The number of nitrogens with one attached hydrogen (secondary N) is 1. The summed E-state index contributed by atoms with van der Waals surface area (Å²) in [6.45, 7) is 0. The van der Waals surface area contributed by atoms with Crippen molar-refractivity contribution in [1.82, 2.24) is 0 Å². The number of carboxylic acid groups (broad SMARTS) is 1. The monoisotopic (exact) mass is 241 g/mol. The van der Waals surface area contributed by atoms with Gasteiger partial charge in [0.1, 0.15) is 17.7 Å². The Morgan fingerprint density at radius 2 is 1.89 bits per heavy atom. The Morgan fingerprint density at radius 3 is 2.39 bits per heavy atom. The van der Waals surface area contributed by atoms with E-state index in [2.05, 4.69) is 5.32 Å². The highest BCUT2D eigenvalue weighted by Crippen LogP contribution is 2.11. The van der Waals surface area contributed by atoms with Gasteiger partial charge in [0.05, 0.1) is 0 Å². The van der Waals surface area contributed by atoms with Gasteiger partial charge >= 0.3 is 5.97 Å². The molecule has 0 unspecified atom stereocenters. The molecule has 5 nitrogen and oxygen atoms in total. The van der Waals surface area contributed by atoms with E-state index in [0.717, 1.165) is 11.3 Å². The summed E-state index contributed by atoms with van der Waals surface area (Å²) in [5.74, 6) is -0.826. The Labute approximate surface area is 105 Å². The maximum Gasteiger partial charge on any atom is 0.303 e. The molecule has 2 N–H and O–H groups in total. The summed E-state index contributed by atoms with van der Waals surface area (Å²) >= 11 is 0. The lowest BCUT2D eigenvalue weighted by Gasteiger charge is -2.02. The first-order valence-corrected chi connectivity index (χ1v) is 5.23. The Balaban J connectivity index is 2.61. The minimum atomic E-state index is -0.826. The van der Waals surface area contributed by atoms with Gasteiger partial charge in [-0.2, -0.15) is 10.5 Å². The summed E-state index contributed by atoms with van der Waals surface area (Å²) in [5.41, 5.74) is 1.65. The molecular weight excluding hydrogens is 230 g/mol. The number of allylic oxidation sites excluding steroid dienone is 1. The van der Waals surface area contributed by atoms with Crippen LogP contribution < -0.4 is 5.32 Å². The van der Waals surface area contributed by atoms with E-state index in [9.17, 15) is 4.79 Å². The predicted octanol–water partition coefficient (Wildman–Crippen LogP) is 2.05. The van der Waals surface area contributed by atoms with Crippen molar-refractivity contribution < 1.29 is 9.90 Å². The van der Waals surface area contributed by atoms with Crippen LogP contribution in [-0.4, -0.2) is 11.1 Å². The maximum absolute atomic E-state index is 10.4. The molecule has 0 aromatic heterocycles. The number of benzene rings is 1. The average Bonchev–Trinajstić information content (AvgIpc) is 2.39. The molecule has 1 aromatic carbocycles. The van der Waals surface area contributed by atoms with Crippen molar-refractivity contribution in [2.75, 3.05) is 5.32 Å². The molecule has 0 aliphatic heterocycles. The molecule has 0 spiro atoms. The second kappa shape index (κ2) is 6.72. The van der Waals surface area contributed by atoms with Crippen LogP contribution in [0, 0.1) is 22.7 Å². The molecule has 0 aliphatic carbocycles. The van der Waals surface area contributed by atoms with E-state index in [1.807, 2.05) is 0 Å². The minimum Gasteiger partial charge on any atom is -0.481 e. The zero-order valence-corrected chi connectivity index (χ0v) is 9.55. The van der Waals surface area contributed by atoms with Crippen LogP contribution in [0.25, 0.3) is 0 Å². The van der Waals surface area contributed by atoms with E-state index in [-0.39, 0.29) is 12.0 Å². The summed E-state index contributed by atoms with van der Waals surface area (Å²) in [7, 11) is 0. The third-order valence-corrected chi connectivity index (χ3v) is 2.21. The number of anilines is 1. The topological polar surface area (TPSA) is 96.9 Å². The third kappa shape index (κ3) is 4.38. The van der Waals surface area contributed by atoms with Gasteiger partial charge in [-0.1, -0.05) is 12.1 Å². The largest absolute Gasteiger partial charge is 0.481 e. The number of rotatable bonds is 5. The third-order valence-electron chi connectivity index (χ3n) is 2.21. The lowest BCUT2D eigenvalue weighted by atomic mass is 10.1. The molecule has 1 rings (SSSR count). The molecule has 0 fully saturated rings. The van der Waals surface area contributed by atoms with E-state index in [1.54, 1.807) is 36.4 Å². The Morgan fingerprint density at radius 1 is 1.28 bits per heavy atom. The SMILES string of the molecule is N#CC(C#N)=CNc1ccc(CCC(=O)O)cc1. The highest BCUT2D eigenvalue weighted by atomic mass is 16.4. The number of nitriles is 2. The number of aliphatic carboxylic acids is 1. The average molecular weight is 241 g/mol. The smallest absolute Gasteiger partial charge is 0.303 e. The summed E-state index contributed by atoms with van der Waals surface area (Å²) in [6, 6.07) is 10.6. The highest BCUT2D eigenvalue weighted by Gasteiger charge is 1.99. The maximum atomic E-state index is 10.4. The van der Waals surface area contributed by atoms with E-state index < -0.39 is 5.97 Å². The molecule has 18 heavy (non-hydrogen) atoms. The van der Waals surface area contributed by atoms with Gasteiger partial charge in [-0.05, 0) is 24.1 Å². The molecular formula is C13H11N3O2. The van der Waals surface area contributed by atoms with Gasteiger partial charge in [-0.25, -0.2) is 0 Å². The van der Waals surface area contributed by atoms with Gasteiger partial charge in [-0.15, -0.1) is 0 Å². The summed E-state index contributed by atoms with van der Waals surface area (Å²) in [6.07, 6.45) is 1.90. The van der Waals surface area contributed by atoms with Crippen molar-refractivity contribution in [3.8, 4) is 12.1 Å². The molecule has 0 bridgehead atoms. The number of nitrogens with zero attached hydrogens (tertiary/aromatic N) is 2. The van der Waals surface area contributed by atoms with Crippen molar-refractivity contribution in [1.29, 1.82) is 10.5 Å². The number of hydrogen-bond acceptors (Lipinski definition) is 4. The molecule has 0 saturated carbocycles.